The quantitative estimate of drug-likeness (QED) is 0.240. The van der Waals surface area contributed by atoms with E-state index in [9.17, 15) is 19.8 Å². The van der Waals surface area contributed by atoms with Crippen molar-refractivity contribution in [2.75, 3.05) is 7.11 Å². The summed E-state index contributed by atoms with van der Waals surface area (Å²) in [7, 11) is 1.44. The Morgan fingerprint density at radius 2 is 1.76 bits per heavy atom. The van der Waals surface area contributed by atoms with E-state index in [1.165, 1.54) is 18.3 Å². The highest BCUT2D eigenvalue weighted by molar-refractivity contribution is 5.71. The van der Waals surface area contributed by atoms with Crippen molar-refractivity contribution in [1.82, 2.24) is 0 Å². The Morgan fingerprint density at radius 3 is 2.30 bits per heavy atom. The van der Waals surface area contributed by atoms with Crippen LogP contribution in [0.1, 0.15) is 99.3 Å². The fraction of sp³-hybridized carbons (Fsp3) is 0.750. The summed E-state index contributed by atoms with van der Waals surface area (Å²) in [6.07, 6.45) is 5.82. The smallest absolute Gasteiger partial charge is 0.306 e. The summed E-state index contributed by atoms with van der Waals surface area (Å²) in [5.41, 5.74) is 4.26. The van der Waals surface area contributed by atoms with Crippen LogP contribution >= 0.6 is 0 Å². The third-order valence-corrected chi connectivity index (χ3v) is 11.1. The van der Waals surface area contributed by atoms with Crippen LogP contribution in [0.4, 0.5) is 0 Å². The predicted molar refractivity (Wildman–Crippen MR) is 148 cm³/mol. The minimum absolute atomic E-state index is 0.190. The summed E-state index contributed by atoms with van der Waals surface area (Å²) in [5.74, 6) is -1.29. The largest absolute Gasteiger partial charge is 0.481 e. The SMILES string of the molecule is C=C(CC[C@H](C(=O)O)[C@H]1[C@H](O)C[C@@]2(C)C3=C(CC[C@]12C)[C@@](C)(CCC(=O)OC)[C@H](C(=C)C)CC3)C(C)C. The van der Waals surface area contributed by atoms with Crippen molar-refractivity contribution in [2.24, 2.45) is 39.9 Å². The lowest BCUT2D eigenvalue weighted by Crippen LogP contribution is -2.49. The average Bonchev–Trinajstić information content (AvgIpc) is 3.02. The van der Waals surface area contributed by atoms with E-state index in [4.69, 9.17) is 4.74 Å². The molecule has 0 unspecified atom stereocenters. The maximum atomic E-state index is 12.6. The lowest BCUT2D eigenvalue weighted by Gasteiger charge is -2.57. The van der Waals surface area contributed by atoms with E-state index in [2.05, 4.69) is 54.7 Å². The Kier molecular flexibility index (Phi) is 8.59. The summed E-state index contributed by atoms with van der Waals surface area (Å²) in [5, 5.41) is 21.9. The minimum atomic E-state index is -0.806. The van der Waals surface area contributed by atoms with Crippen LogP contribution in [0.25, 0.3) is 0 Å². The van der Waals surface area contributed by atoms with Crippen molar-refractivity contribution < 1.29 is 24.5 Å². The first kappa shape index (κ1) is 29.7. The Morgan fingerprint density at radius 1 is 1.11 bits per heavy atom. The van der Waals surface area contributed by atoms with Gasteiger partial charge in [-0.05, 0) is 86.4 Å². The van der Waals surface area contributed by atoms with Crippen LogP contribution in [0.15, 0.2) is 35.5 Å². The van der Waals surface area contributed by atoms with E-state index in [0.29, 0.717) is 43.9 Å². The number of aliphatic carboxylic acids is 1. The summed E-state index contributed by atoms with van der Waals surface area (Å²) < 4.78 is 4.98. The van der Waals surface area contributed by atoms with Gasteiger partial charge in [0, 0.05) is 12.3 Å². The highest BCUT2D eigenvalue weighted by Crippen LogP contribution is 2.71. The lowest BCUT2D eigenvalue weighted by molar-refractivity contribution is -0.148. The number of carbonyl (C=O) groups is 2. The Labute approximate surface area is 224 Å². The van der Waals surface area contributed by atoms with Gasteiger partial charge in [-0.2, -0.15) is 0 Å². The Bertz CT molecular complexity index is 976. The second kappa shape index (κ2) is 10.7. The summed E-state index contributed by atoms with van der Waals surface area (Å²) in [6.45, 7) is 21.6. The van der Waals surface area contributed by atoms with E-state index in [-0.39, 0.29) is 28.1 Å². The molecular formula is C32H50O5. The fourth-order valence-electron chi connectivity index (χ4n) is 8.60. The number of carbonyl (C=O) groups excluding carboxylic acids is 1. The second-order valence-corrected chi connectivity index (χ2v) is 13.2. The molecule has 2 N–H and O–H groups in total. The van der Waals surface area contributed by atoms with Gasteiger partial charge in [0.25, 0.3) is 0 Å². The number of hydrogen-bond acceptors (Lipinski definition) is 4. The van der Waals surface area contributed by atoms with Gasteiger partial charge >= 0.3 is 11.9 Å². The van der Waals surface area contributed by atoms with E-state index in [1.54, 1.807) is 0 Å². The molecule has 1 fully saturated rings. The van der Waals surface area contributed by atoms with Crippen LogP contribution in [-0.4, -0.2) is 35.4 Å². The fourth-order valence-corrected chi connectivity index (χ4v) is 8.60. The van der Waals surface area contributed by atoms with E-state index in [0.717, 1.165) is 36.8 Å². The molecular weight excluding hydrogens is 464 g/mol. The van der Waals surface area contributed by atoms with Crippen LogP contribution < -0.4 is 0 Å². The van der Waals surface area contributed by atoms with Gasteiger partial charge in [0.1, 0.15) is 0 Å². The number of esters is 1. The molecule has 5 nitrogen and oxygen atoms in total. The number of ether oxygens (including phenoxy) is 1. The second-order valence-electron chi connectivity index (χ2n) is 13.2. The summed E-state index contributed by atoms with van der Waals surface area (Å²) >= 11 is 0. The van der Waals surface area contributed by atoms with Gasteiger partial charge < -0.3 is 14.9 Å². The minimum Gasteiger partial charge on any atom is -0.481 e. The van der Waals surface area contributed by atoms with Crippen molar-refractivity contribution >= 4 is 11.9 Å². The maximum absolute atomic E-state index is 12.6. The van der Waals surface area contributed by atoms with Gasteiger partial charge in [0.05, 0.1) is 19.1 Å². The third kappa shape index (κ3) is 4.97. The average molecular weight is 515 g/mol. The molecule has 0 aliphatic heterocycles. The molecule has 5 heteroatoms. The zero-order valence-electron chi connectivity index (χ0n) is 24.3. The monoisotopic (exact) mass is 514 g/mol. The molecule has 0 spiro atoms. The Balaban J connectivity index is 2.04. The van der Waals surface area contributed by atoms with Crippen LogP contribution in [-0.2, 0) is 14.3 Å². The van der Waals surface area contributed by atoms with Gasteiger partial charge in [-0.3, -0.25) is 9.59 Å². The van der Waals surface area contributed by atoms with Crippen molar-refractivity contribution in [1.29, 1.82) is 0 Å². The zero-order valence-corrected chi connectivity index (χ0v) is 24.3. The molecule has 208 valence electrons. The first-order chi connectivity index (χ1) is 17.1. The van der Waals surface area contributed by atoms with Crippen molar-refractivity contribution in [3.8, 4) is 0 Å². The molecule has 0 heterocycles. The molecule has 1 saturated carbocycles. The molecule has 0 aromatic carbocycles. The molecule has 0 aromatic heterocycles. The number of hydrogen-bond donors (Lipinski definition) is 2. The van der Waals surface area contributed by atoms with Crippen molar-refractivity contribution in [2.45, 2.75) is 105 Å². The molecule has 0 amide bonds. The molecule has 37 heavy (non-hydrogen) atoms. The molecule has 0 radical (unpaired) electrons. The molecule has 3 rings (SSSR count). The first-order valence-electron chi connectivity index (χ1n) is 14.2. The van der Waals surface area contributed by atoms with Gasteiger partial charge in [-0.15, -0.1) is 0 Å². The molecule has 3 aliphatic carbocycles. The standard InChI is InChI=1S/C32H50O5/c1-19(2)21(5)10-11-22(29(35)36)28-26(33)18-32(8)25-13-12-23(20(3)4)30(6,16-15-27(34)37-9)24(25)14-17-31(28,32)7/h19,22-23,26,28,33H,3,5,10-18H2,1-2,4,6-9H3,(H,35,36)/t22-,23-,26+,28-,30-,31+,32-/m0/s1. The summed E-state index contributed by atoms with van der Waals surface area (Å²) in [4.78, 5) is 24.8. The zero-order chi connectivity index (χ0) is 27.9. The molecule has 0 saturated heterocycles. The molecule has 7 atom stereocenters. The number of aliphatic hydroxyl groups excluding tert-OH is 1. The normalized spacial score (nSPS) is 36.1. The van der Waals surface area contributed by atoms with Gasteiger partial charge in [0.2, 0.25) is 0 Å². The lowest BCUT2D eigenvalue weighted by atomic mass is 9.47. The maximum Gasteiger partial charge on any atom is 0.306 e. The van der Waals surface area contributed by atoms with Gasteiger partial charge in [-0.25, -0.2) is 0 Å². The summed E-state index contributed by atoms with van der Waals surface area (Å²) in [6, 6.07) is 0. The van der Waals surface area contributed by atoms with Gasteiger partial charge in [0.15, 0.2) is 0 Å². The van der Waals surface area contributed by atoms with Crippen LogP contribution in [0.2, 0.25) is 0 Å². The number of allylic oxidation sites excluding steroid dienone is 4. The van der Waals surface area contributed by atoms with Crippen molar-refractivity contribution in [3.63, 3.8) is 0 Å². The number of rotatable bonds is 10. The molecule has 3 aliphatic rings. The van der Waals surface area contributed by atoms with Gasteiger partial charge in [-0.1, -0.05) is 70.1 Å². The third-order valence-electron chi connectivity index (χ3n) is 11.1. The van der Waals surface area contributed by atoms with Crippen molar-refractivity contribution in [3.05, 3.63) is 35.5 Å². The highest BCUT2D eigenvalue weighted by atomic mass is 16.5. The highest BCUT2D eigenvalue weighted by Gasteiger charge is 2.65. The number of fused-ring (bicyclic) bond motifs is 2. The van der Waals surface area contributed by atoms with Crippen LogP contribution in [0.5, 0.6) is 0 Å². The van der Waals surface area contributed by atoms with Crippen LogP contribution in [0, 0.1) is 39.9 Å². The number of methoxy groups -OCH3 is 1. The number of aliphatic hydroxyl groups is 1. The van der Waals surface area contributed by atoms with Crippen LogP contribution in [0.3, 0.4) is 0 Å². The number of carboxylic acid groups (broad SMARTS) is 1. The van der Waals surface area contributed by atoms with E-state index in [1.807, 2.05) is 0 Å². The molecule has 0 bridgehead atoms. The first-order valence-corrected chi connectivity index (χ1v) is 14.2. The van der Waals surface area contributed by atoms with E-state index >= 15 is 0 Å². The predicted octanol–water partition coefficient (Wildman–Crippen LogP) is 7.11. The number of carboxylic acids is 1. The van der Waals surface area contributed by atoms with E-state index < -0.39 is 18.0 Å². The topological polar surface area (TPSA) is 83.8 Å². The Hall–Kier alpha value is -1.88. The molecule has 0 aromatic rings.